The number of nitrogens with zero attached hydrogens (tertiary/aromatic N) is 4. The molecule has 9 nitrogen and oxygen atoms in total. The van der Waals surface area contributed by atoms with E-state index in [2.05, 4.69) is 20.5 Å². The van der Waals surface area contributed by atoms with E-state index >= 15 is 0 Å². The van der Waals surface area contributed by atoms with Crippen LogP contribution in [0.4, 0.5) is 14.9 Å². The van der Waals surface area contributed by atoms with Gasteiger partial charge in [0.1, 0.15) is 5.82 Å². The number of halogens is 2. The Morgan fingerprint density at radius 3 is 2.72 bits per heavy atom. The summed E-state index contributed by atoms with van der Waals surface area (Å²) in [6.45, 7) is 3.50. The zero-order valence-electron chi connectivity index (χ0n) is 17.8. The number of nitrogens with one attached hydrogen (secondary N) is 2. The normalized spacial score (nSPS) is 23.3. The molecule has 2 aromatic rings. The minimum Gasteiger partial charge on any atom is -0.365 e. The molecule has 0 bridgehead atoms. The van der Waals surface area contributed by atoms with Crippen molar-refractivity contribution in [3.05, 3.63) is 47.3 Å². The van der Waals surface area contributed by atoms with Gasteiger partial charge in [-0.3, -0.25) is 14.9 Å². The summed E-state index contributed by atoms with van der Waals surface area (Å²) in [6, 6.07) is 3.98. The van der Waals surface area contributed by atoms with Gasteiger partial charge in [-0.1, -0.05) is 11.6 Å². The van der Waals surface area contributed by atoms with Crippen molar-refractivity contribution in [1.29, 1.82) is 0 Å². The van der Waals surface area contributed by atoms with Crippen LogP contribution in [0.2, 0.25) is 5.02 Å². The van der Waals surface area contributed by atoms with Crippen LogP contribution in [0.5, 0.6) is 0 Å². The van der Waals surface area contributed by atoms with Crippen molar-refractivity contribution in [3.63, 3.8) is 0 Å². The Morgan fingerprint density at radius 2 is 2.12 bits per heavy atom. The lowest BCUT2D eigenvalue weighted by molar-refractivity contribution is -0.133. The monoisotopic (exact) mass is 462 g/mol. The fraction of sp³-hybridized carbons (Fsp3) is 0.429. The van der Waals surface area contributed by atoms with Gasteiger partial charge < -0.3 is 19.7 Å². The van der Waals surface area contributed by atoms with Gasteiger partial charge in [0, 0.05) is 51.0 Å². The Morgan fingerprint density at radius 1 is 1.34 bits per heavy atom. The molecular formula is C21H24ClFN6O3. The van der Waals surface area contributed by atoms with Gasteiger partial charge in [-0.25, -0.2) is 14.2 Å². The fourth-order valence-corrected chi connectivity index (χ4v) is 4.47. The molecule has 0 spiro atoms. The minimum atomic E-state index is -1.37. The molecule has 2 fully saturated rings. The van der Waals surface area contributed by atoms with Crippen LogP contribution in [0.15, 0.2) is 30.7 Å². The van der Waals surface area contributed by atoms with E-state index in [9.17, 15) is 18.8 Å². The smallest absolute Gasteiger partial charge is 0.322 e. The molecule has 2 saturated heterocycles. The topological polar surface area (TPSA) is 99.6 Å². The summed E-state index contributed by atoms with van der Waals surface area (Å²) in [7, 11) is 1.76. The van der Waals surface area contributed by atoms with E-state index in [0.29, 0.717) is 25.3 Å². The SMILES string of the molecule is C[C@H]1CN(C(=O)CCC2(c3cn(C)cn3)NC(=O)NC2=O)CCN1c1ccc(F)c(Cl)c1. The summed E-state index contributed by atoms with van der Waals surface area (Å²) in [5.41, 5.74) is -0.176. The Balaban J connectivity index is 1.42. The Hall–Kier alpha value is -3.14. The van der Waals surface area contributed by atoms with Gasteiger partial charge in [0.25, 0.3) is 5.91 Å². The second kappa shape index (κ2) is 8.42. The first kappa shape index (κ1) is 22.1. The summed E-state index contributed by atoms with van der Waals surface area (Å²) < 4.78 is 15.2. The molecule has 2 aliphatic rings. The molecule has 2 aliphatic heterocycles. The van der Waals surface area contributed by atoms with E-state index in [1.54, 1.807) is 41.2 Å². The van der Waals surface area contributed by atoms with Crippen molar-refractivity contribution in [2.45, 2.75) is 31.3 Å². The number of benzene rings is 1. The first-order valence-corrected chi connectivity index (χ1v) is 10.7. The summed E-state index contributed by atoms with van der Waals surface area (Å²) in [4.78, 5) is 45.5. The molecule has 2 N–H and O–H groups in total. The number of amides is 4. The fourth-order valence-electron chi connectivity index (χ4n) is 4.29. The summed E-state index contributed by atoms with van der Waals surface area (Å²) in [5.74, 6) is -1.10. The van der Waals surface area contributed by atoms with Crippen LogP contribution < -0.4 is 15.5 Å². The maximum Gasteiger partial charge on any atom is 0.322 e. The second-order valence-electron chi connectivity index (χ2n) is 8.22. The molecule has 0 radical (unpaired) electrons. The highest BCUT2D eigenvalue weighted by Gasteiger charge is 2.49. The molecule has 4 amide bonds. The quantitative estimate of drug-likeness (QED) is 0.660. The van der Waals surface area contributed by atoms with Crippen molar-refractivity contribution in [2.75, 3.05) is 24.5 Å². The average molecular weight is 463 g/mol. The minimum absolute atomic E-state index is 0.00606. The van der Waals surface area contributed by atoms with Crippen molar-refractivity contribution in [3.8, 4) is 0 Å². The standard InChI is InChI=1S/C21H24ClFN6O3/c1-13-10-28(7-8-29(13)14-3-4-16(23)15(22)9-14)18(30)5-6-21(17-11-27(2)12-24-17)19(31)25-20(32)26-21/h3-4,9,11-13H,5-8,10H2,1-2H3,(H2,25,26,31,32)/t13-,21?/m0/s1. The van der Waals surface area contributed by atoms with Crippen LogP contribution in [0.3, 0.4) is 0 Å². The number of imide groups is 1. The Labute approximate surface area is 189 Å². The second-order valence-corrected chi connectivity index (χ2v) is 8.63. The molecule has 0 saturated carbocycles. The molecule has 0 aliphatic carbocycles. The molecule has 2 atom stereocenters. The van der Waals surface area contributed by atoms with Gasteiger partial charge in [0.05, 0.1) is 17.0 Å². The summed E-state index contributed by atoms with van der Waals surface area (Å²) >= 11 is 5.92. The number of hydrogen-bond donors (Lipinski definition) is 2. The summed E-state index contributed by atoms with van der Waals surface area (Å²) in [6.07, 6.45) is 3.37. The highest BCUT2D eigenvalue weighted by Crippen LogP contribution is 2.30. The van der Waals surface area contributed by atoms with Gasteiger partial charge in [0.15, 0.2) is 5.54 Å². The Kier molecular flexibility index (Phi) is 5.81. The summed E-state index contributed by atoms with van der Waals surface area (Å²) in [5, 5.41) is 4.97. The first-order valence-electron chi connectivity index (χ1n) is 10.3. The highest BCUT2D eigenvalue weighted by molar-refractivity contribution is 6.31. The van der Waals surface area contributed by atoms with E-state index in [1.807, 2.05) is 6.92 Å². The number of aryl methyl sites for hydroxylation is 1. The van der Waals surface area contributed by atoms with Crippen LogP contribution in [0, 0.1) is 5.82 Å². The van der Waals surface area contributed by atoms with E-state index in [0.717, 1.165) is 5.69 Å². The molecular weight excluding hydrogens is 439 g/mol. The first-order chi connectivity index (χ1) is 15.2. The molecule has 32 heavy (non-hydrogen) atoms. The third kappa shape index (κ3) is 4.02. The average Bonchev–Trinajstić information content (AvgIpc) is 3.31. The third-order valence-corrected chi connectivity index (χ3v) is 6.30. The lowest BCUT2D eigenvalue weighted by Crippen LogP contribution is -2.54. The maximum absolute atomic E-state index is 13.5. The molecule has 11 heteroatoms. The zero-order valence-corrected chi connectivity index (χ0v) is 18.5. The van der Waals surface area contributed by atoms with E-state index in [-0.39, 0.29) is 29.8 Å². The number of anilines is 1. The largest absolute Gasteiger partial charge is 0.365 e. The highest BCUT2D eigenvalue weighted by atomic mass is 35.5. The number of carbonyl (C=O) groups excluding carboxylic acids is 3. The van der Waals surface area contributed by atoms with Crippen LogP contribution in [-0.2, 0) is 22.2 Å². The molecule has 1 aromatic heterocycles. The third-order valence-electron chi connectivity index (χ3n) is 6.01. The molecule has 4 rings (SSSR count). The predicted octanol–water partition coefficient (Wildman–Crippen LogP) is 1.76. The van der Waals surface area contributed by atoms with Gasteiger partial charge in [-0.05, 0) is 31.5 Å². The molecule has 1 aromatic carbocycles. The van der Waals surface area contributed by atoms with Crippen molar-refractivity contribution in [2.24, 2.45) is 7.05 Å². The maximum atomic E-state index is 13.5. The molecule has 1 unspecified atom stereocenters. The number of imidazole rings is 1. The van der Waals surface area contributed by atoms with E-state index in [1.165, 1.54) is 6.07 Å². The number of aromatic nitrogens is 2. The van der Waals surface area contributed by atoms with Gasteiger partial charge in [-0.15, -0.1) is 0 Å². The van der Waals surface area contributed by atoms with Crippen molar-refractivity contribution in [1.82, 2.24) is 25.1 Å². The van der Waals surface area contributed by atoms with E-state index in [4.69, 9.17) is 11.6 Å². The number of urea groups is 1. The Bertz CT molecular complexity index is 1080. The number of piperazine rings is 1. The predicted molar refractivity (Wildman–Crippen MR) is 116 cm³/mol. The molecule has 170 valence electrons. The van der Waals surface area contributed by atoms with Crippen molar-refractivity contribution >= 4 is 35.1 Å². The van der Waals surface area contributed by atoms with Gasteiger partial charge in [-0.2, -0.15) is 0 Å². The van der Waals surface area contributed by atoms with E-state index < -0.39 is 23.3 Å². The molecule has 3 heterocycles. The van der Waals surface area contributed by atoms with Crippen LogP contribution in [0.1, 0.15) is 25.5 Å². The number of hydrogen-bond acceptors (Lipinski definition) is 5. The lowest BCUT2D eigenvalue weighted by atomic mass is 9.89. The van der Waals surface area contributed by atoms with Gasteiger partial charge >= 0.3 is 6.03 Å². The number of rotatable bonds is 5. The van der Waals surface area contributed by atoms with Crippen LogP contribution >= 0.6 is 11.6 Å². The lowest BCUT2D eigenvalue weighted by Gasteiger charge is -2.41. The van der Waals surface area contributed by atoms with Crippen molar-refractivity contribution < 1.29 is 18.8 Å². The van der Waals surface area contributed by atoms with Crippen LogP contribution in [0.25, 0.3) is 0 Å². The zero-order chi connectivity index (χ0) is 23.0. The van der Waals surface area contributed by atoms with Gasteiger partial charge in [0.2, 0.25) is 5.91 Å². The number of carbonyl (C=O) groups is 3. The van der Waals surface area contributed by atoms with Crippen LogP contribution in [-0.4, -0.2) is 58.0 Å².